The van der Waals surface area contributed by atoms with Crippen molar-refractivity contribution in [3.8, 4) is 11.1 Å². The smallest absolute Gasteiger partial charge is 0.382 e. The Hall–Kier alpha value is -3.50. The number of nitrogens with one attached hydrogen (secondary N) is 2. The Morgan fingerprint density at radius 1 is 1.29 bits per heavy atom. The first kappa shape index (κ1) is 22.2. The molecule has 0 amide bonds. The molecule has 0 spiro atoms. The number of nitrogens with zero attached hydrogens (tertiary/aromatic N) is 5. The van der Waals surface area contributed by atoms with Crippen LogP contribution in [0.1, 0.15) is 61.9 Å². The topological polar surface area (TPSA) is 122 Å². The highest BCUT2D eigenvalue weighted by atomic mass is 19.4. The van der Waals surface area contributed by atoms with Gasteiger partial charge >= 0.3 is 6.18 Å². The molecule has 3 aromatic rings. The van der Waals surface area contributed by atoms with Gasteiger partial charge in [-0.05, 0) is 31.9 Å². The molecule has 0 radical (unpaired) electrons. The highest BCUT2D eigenvalue weighted by molar-refractivity contribution is 6.04. The fourth-order valence-electron chi connectivity index (χ4n) is 3.29. The third-order valence-corrected chi connectivity index (χ3v) is 4.85. The highest BCUT2D eigenvalue weighted by Crippen LogP contribution is 2.33. The van der Waals surface area contributed by atoms with Crippen molar-refractivity contribution in [1.29, 1.82) is 5.41 Å². The minimum atomic E-state index is -4.63. The monoisotopic (exact) mass is 432 g/mol. The molecule has 1 atom stereocenters. The van der Waals surface area contributed by atoms with Gasteiger partial charge in [-0.2, -0.15) is 18.3 Å². The van der Waals surface area contributed by atoms with Crippen LogP contribution in [0.4, 0.5) is 13.2 Å². The summed E-state index contributed by atoms with van der Waals surface area (Å²) in [6.07, 6.45) is 2.87. The molecule has 0 aliphatic carbocycles. The lowest BCUT2D eigenvalue weighted by Gasteiger charge is -2.11. The van der Waals surface area contributed by atoms with Crippen LogP contribution in [0.5, 0.6) is 0 Å². The molecule has 0 aromatic carbocycles. The number of hydrogen-bond donors (Lipinski definition) is 3. The van der Waals surface area contributed by atoms with Crippen LogP contribution in [0, 0.1) is 5.41 Å². The Balaban J connectivity index is 2.08. The van der Waals surface area contributed by atoms with Crippen molar-refractivity contribution in [2.75, 3.05) is 0 Å². The first-order valence-electron chi connectivity index (χ1n) is 9.64. The quantitative estimate of drug-likeness (QED) is 0.384. The lowest BCUT2D eigenvalue weighted by Crippen LogP contribution is -2.15. The van der Waals surface area contributed by atoms with Crippen molar-refractivity contribution in [1.82, 2.24) is 24.7 Å². The Kier molecular flexibility index (Phi) is 6.23. The molecule has 0 saturated heterocycles. The van der Waals surface area contributed by atoms with Crippen LogP contribution in [-0.4, -0.2) is 36.9 Å². The predicted octanol–water partition coefficient (Wildman–Crippen LogP) is 4.12. The van der Waals surface area contributed by atoms with E-state index < -0.39 is 12.0 Å². The summed E-state index contributed by atoms with van der Waals surface area (Å²) < 4.78 is 40.3. The molecule has 3 aromatic heterocycles. The number of H-pyrrole nitrogens is 1. The maximum Gasteiger partial charge on any atom is 0.451 e. The number of rotatable bonds is 7. The van der Waals surface area contributed by atoms with Crippen LogP contribution < -0.4 is 5.73 Å². The van der Waals surface area contributed by atoms with E-state index in [0.717, 1.165) is 36.4 Å². The zero-order chi connectivity index (χ0) is 22.8. The van der Waals surface area contributed by atoms with Gasteiger partial charge in [0.25, 0.3) is 0 Å². The maximum atomic E-state index is 12.8. The zero-order valence-corrected chi connectivity index (χ0v) is 17.3. The van der Waals surface area contributed by atoms with E-state index in [1.165, 1.54) is 0 Å². The highest BCUT2D eigenvalue weighted by Gasteiger charge is 2.34. The van der Waals surface area contributed by atoms with Gasteiger partial charge < -0.3 is 10.7 Å². The van der Waals surface area contributed by atoms with Gasteiger partial charge in [0, 0.05) is 47.4 Å². The number of alkyl halides is 3. The standard InChI is InChI=1S/C20H23F3N8/c1-4-14(13-8-29-31(9-13)11(2)3)16-5-15(17(30-16)18(25)28-10-24)12-6-26-19(27-7-12)20(21,22)23/h5-11,14,30H,4H2,1-3H3,(H3,24,25,28). The Morgan fingerprint density at radius 3 is 2.48 bits per heavy atom. The van der Waals surface area contributed by atoms with Crippen molar-refractivity contribution < 1.29 is 13.2 Å². The van der Waals surface area contributed by atoms with E-state index in [0.29, 0.717) is 16.8 Å². The zero-order valence-electron chi connectivity index (χ0n) is 17.3. The second-order valence-corrected chi connectivity index (χ2v) is 7.26. The minimum absolute atomic E-state index is 0.0314. The minimum Gasteiger partial charge on any atom is -0.382 e. The number of hydrogen-bond acceptors (Lipinski definition) is 4. The SMILES string of the molecule is CCC(c1cnn(C(C)C)c1)c1cc(-c2cnc(C(F)(F)F)nc2)c(/C(N)=N\C=N)[nH]1. The summed E-state index contributed by atoms with van der Waals surface area (Å²) >= 11 is 0. The van der Waals surface area contributed by atoms with Gasteiger partial charge in [-0.3, -0.25) is 10.1 Å². The van der Waals surface area contributed by atoms with Crippen molar-refractivity contribution in [3.63, 3.8) is 0 Å². The largest absolute Gasteiger partial charge is 0.451 e. The van der Waals surface area contributed by atoms with E-state index in [1.54, 1.807) is 12.3 Å². The molecule has 11 heteroatoms. The van der Waals surface area contributed by atoms with Crippen LogP contribution in [0.2, 0.25) is 0 Å². The molecule has 1 unspecified atom stereocenters. The third-order valence-electron chi connectivity index (χ3n) is 4.85. The molecular weight excluding hydrogens is 409 g/mol. The van der Waals surface area contributed by atoms with Gasteiger partial charge in [-0.25, -0.2) is 15.0 Å². The van der Waals surface area contributed by atoms with Gasteiger partial charge in [0.1, 0.15) is 12.2 Å². The summed E-state index contributed by atoms with van der Waals surface area (Å²) in [5.74, 6) is -1.24. The lowest BCUT2D eigenvalue weighted by atomic mass is 9.95. The van der Waals surface area contributed by atoms with E-state index in [4.69, 9.17) is 11.1 Å². The molecule has 0 bridgehead atoms. The average Bonchev–Trinajstić information content (AvgIpc) is 3.37. The van der Waals surface area contributed by atoms with Gasteiger partial charge in [0.2, 0.25) is 5.82 Å². The Bertz CT molecular complexity index is 1080. The summed E-state index contributed by atoms with van der Waals surface area (Å²) in [5, 5.41) is 11.6. The van der Waals surface area contributed by atoms with Crippen molar-refractivity contribution in [3.05, 3.63) is 53.6 Å². The Morgan fingerprint density at radius 2 is 1.97 bits per heavy atom. The van der Waals surface area contributed by atoms with Gasteiger partial charge in [-0.15, -0.1) is 0 Å². The van der Waals surface area contributed by atoms with E-state index in [9.17, 15) is 13.2 Å². The van der Waals surface area contributed by atoms with Crippen LogP contribution in [0.15, 0.2) is 35.8 Å². The fourth-order valence-corrected chi connectivity index (χ4v) is 3.29. The van der Waals surface area contributed by atoms with Crippen LogP contribution in [0.3, 0.4) is 0 Å². The molecule has 31 heavy (non-hydrogen) atoms. The molecule has 3 rings (SSSR count). The van der Waals surface area contributed by atoms with E-state index in [-0.39, 0.29) is 17.8 Å². The van der Waals surface area contributed by atoms with Crippen LogP contribution in [0.25, 0.3) is 11.1 Å². The van der Waals surface area contributed by atoms with Crippen LogP contribution in [-0.2, 0) is 6.18 Å². The van der Waals surface area contributed by atoms with E-state index >= 15 is 0 Å². The summed E-state index contributed by atoms with van der Waals surface area (Å²) in [5.41, 5.74) is 9.02. The van der Waals surface area contributed by atoms with Crippen molar-refractivity contribution in [2.45, 2.75) is 45.3 Å². The summed E-state index contributed by atoms with van der Waals surface area (Å²) in [6.45, 7) is 6.08. The van der Waals surface area contributed by atoms with Crippen LogP contribution >= 0.6 is 0 Å². The van der Waals surface area contributed by atoms with E-state index in [2.05, 4.69) is 25.0 Å². The van der Waals surface area contributed by atoms with Gasteiger partial charge in [-0.1, -0.05) is 6.92 Å². The third kappa shape index (κ3) is 4.65. The maximum absolute atomic E-state index is 12.8. The second kappa shape index (κ2) is 8.70. The number of amidine groups is 1. The Labute approximate surface area is 177 Å². The summed E-state index contributed by atoms with van der Waals surface area (Å²) in [7, 11) is 0. The number of aromatic nitrogens is 5. The number of aliphatic imine (C=N–C) groups is 1. The first-order valence-corrected chi connectivity index (χ1v) is 9.64. The fraction of sp³-hybridized carbons (Fsp3) is 0.350. The molecule has 0 fully saturated rings. The molecule has 164 valence electrons. The van der Waals surface area contributed by atoms with Gasteiger partial charge in [0.15, 0.2) is 0 Å². The lowest BCUT2D eigenvalue weighted by molar-refractivity contribution is -0.144. The number of halogens is 3. The molecule has 0 aliphatic rings. The molecule has 0 saturated carbocycles. The van der Waals surface area contributed by atoms with Crippen molar-refractivity contribution >= 4 is 12.2 Å². The summed E-state index contributed by atoms with van der Waals surface area (Å²) in [6, 6.07) is 2.01. The molecule has 8 nitrogen and oxygen atoms in total. The molecular formula is C20H23F3N8. The normalized spacial score (nSPS) is 13.6. The van der Waals surface area contributed by atoms with E-state index in [1.807, 2.05) is 31.6 Å². The van der Waals surface area contributed by atoms with Gasteiger partial charge in [0.05, 0.1) is 11.9 Å². The average molecular weight is 432 g/mol. The second-order valence-electron chi connectivity index (χ2n) is 7.26. The number of nitrogens with two attached hydrogens (primary N) is 1. The van der Waals surface area contributed by atoms with Crippen molar-refractivity contribution in [2.24, 2.45) is 10.7 Å². The molecule has 0 aliphatic heterocycles. The molecule has 3 heterocycles. The summed E-state index contributed by atoms with van der Waals surface area (Å²) in [4.78, 5) is 13.9. The predicted molar refractivity (Wildman–Crippen MR) is 111 cm³/mol. The molecule has 4 N–H and O–H groups in total. The number of aromatic amines is 1. The first-order chi connectivity index (χ1) is 14.7.